The fourth-order valence-electron chi connectivity index (χ4n) is 3.10. The highest BCUT2D eigenvalue weighted by atomic mass is 16.2. The van der Waals surface area contributed by atoms with Gasteiger partial charge in [-0.1, -0.05) is 18.2 Å². The number of rotatable bonds is 3. The first kappa shape index (κ1) is 14.6. The molecular formula is C17H18N6O. The summed E-state index contributed by atoms with van der Waals surface area (Å²) in [5.74, 6) is 1.76. The summed E-state index contributed by atoms with van der Waals surface area (Å²) in [5.41, 5.74) is 1.45. The Hall–Kier alpha value is -2.96. The van der Waals surface area contributed by atoms with Gasteiger partial charge in [0.1, 0.15) is 17.3 Å². The Bertz CT molecular complexity index is 866. The second-order valence-corrected chi connectivity index (χ2v) is 5.97. The number of benzene rings is 1. The molecular weight excluding hydrogens is 304 g/mol. The van der Waals surface area contributed by atoms with Crippen molar-refractivity contribution in [3.8, 4) is 5.69 Å². The Morgan fingerprint density at radius 1 is 1.25 bits per heavy atom. The largest absolute Gasteiger partial charge is 0.346 e. The van der Waals surface area contributed by atoms with E-state index in [4.69, 9.17) is 0 Å². The van der Waals surface area contributed by atoms with E-state index in [-0.39, 0.29) is 11.9 Å². The molecule has 3 aromatic rings. The summed E-state index contributed by atoms with van der Waals surface area (Å²) in [6.45, 7) is 2.64. The van der Waals surface area contributed by atoms with Gasteiger partial charge in [0.25, 0.3) is 5.91 Å². The van der Waals surface area contributed by atoms with Crippen molar-refractivity contribution < 1.29 is 4.79 Å². The molecule has 1 atom stereocenters. The molecule has 0 radical (unpaired) electrons. The van der Waals surface area contributed by atoms with Crippen LogP contribution in [0.1, 0.15) is 28.6 Å². The van der Waals surface area contributed by atoms with Crippen molar-refractivity contribution in [3.63, 3.8) is 0 Å². The SMILES string of the molecule is Cc1nnc2n1C[C@H](NC(=O)c1cncn1-c1ccccc1)CC2. The molecule has 24 heavy (non-hydrogen) atoms. The lowest BCUT2D eigenvalue weighted by molar-refractivity contribution is 0.0920. The molecule has 1 amide bonds. The first-order chi connectivity index (χ1) is 11.7. The van der Waals surface area contributed by atoms with E-state index >= 15 is 0 Å². The van der Waals surface area contributed by atoms with Gasteiger partial charge in [0.15, 0.2) is 0 Å². The number of nitrogens with zero attached hydrogens (tertiary/aromatic N) is 5. The van der Waals surface area contributed by atoms with E-state index in [9.17, 15) is 4.79 Å². The number of imidazole rings is 1. The predicted molar refractivity (Wildman–Crippen MR) is 87.9 cm³/mol. The van der Waals surface area contributed by atoms with Crippen molar-refractivity contribution in [2.45, 2.75) is 32.4 Å². The monoisotopic (exact) mass is 322 g/mol. The van der Waals surface area contributed by atoms with Gasteiger partial charge in [-0.05, 0) is 25.5 Å². The molecule has 0 fully saturated rings. The standard InChI is InChI=1S/C17H18N6O/c1-12-20-21-16-8-7-13(10-22(12)16)19-17(24)15-9-18-11-23(15)14-5-3-2-4-6-14/h2-6,9,11,13H,7-8,10H2,1H3,(H,19,24)/t13-/m1/s1. The second-order valence-electron chi connectivity index (χ2n) is 5.97. The summed E-state index contributed by atoms with van der Waals surface area (Å²) in [6, 6.07) is 9.79. The van der Waals surface area contributed by atoms with E-state index in [1.807, 2.05) is 37.3 Å². The number of amides is 1. The fourth-order valence-corrected chi connectivity index (χ4v) is 3.10. The number of fused-ring (bicyclic) bond motifs is 1. The summed E-state index contributed by atoms with van der Waals surface area (Å²) in [4.78, 5) is 16.8. The minimum absolute atomic E-state index is 0.0684. The van der Waals surface area contributed by atoms with Gasteiger partial charge in [0.05, 0.1) is 12.5 Å². The highest BCUT2D eigenvalue weighted by Gasteiger charge is 2.24. The highest BCUT2D eigenvalue weighted by Crippen LogP contribution is 2.16. The van der Waals surface area contributed by atoms with Gasteiger partial charge >= 0.3 is 0 Å². The molecule has 1 N–H and O–H groups in total. The Morgan fingerprint density at radius 2 is 2.08 bits per heavy atom. The molecule has 4 rings (SSSR count). The maximum atomic E-state index is 12.7. The summed E-state index contributed by atoms with van der Waals surface area (Å²) in [6.07, 6.45) is 4.95. The minimum atomic E-state index is -0.115. The van der Waals surface area contributed by atoms with E-state index in [2.05, 4.69) is 25.1 Å². The number of hydrogen-bond donors (Lipinski definition) is 1. The number of nitrogens with one attached hydrogen (secondary N) is 1. The average Bonchev–Trinajstić information content (AvgIpc) is 3.23. The van der Waals surface area contributed by atoms with Crippen LogP contribution in [0.3, 0.4) is 0 Å². The quantitative estimate of drug-likeness (QED) is 0.793. The Balaban J connectivity index is 1.52. The maximum absolute atomic E-state index is 12.7. The fraction of sp³-hybridized carbons (Fsp3) is 0.294. The summed E-state index contributed by atoms with van der Waals surface area (Å²) in [5, 5.41) is 11.4. The third kappa shape index (κ3) is 2.58. The first-order valence-electron chi connectivity index (χ1n) is 7.99. The van der Waals surface area contributed by atoms with Crippen molar-refractivity contribution in [1.29, 1.82) is 0 Å². The highest BCUT2D eigenvalue weighted by molar-refractivity contribution is 5.93. The van der Waals surface area contributed by atoms with Crippen LogP contribution in [-0.2, 0) is 13.0 Å². The molecule has 0 spiro atoms. The molecule has 0 aliphatic carbocycles. The van der Waals surface area contributed by atoms with Crippen LogP contribution >= 0.6 is 0 Å². The van der Waals surface area contributed by atoms with Crippen LogP contribution in [0.2, 0.25) is 0 Å². The molecule has 3 heterocycles. The number of carbonyl (C=O) groups is 1. The molecule has 1 aromatic carbocycles. The number of aromatic nitrogens is 5. The van der Waals surface area contributed by atoms with Gasteiger partial charge in [-0.15, -0.1) is 10.2 Å². The first-order valence-corrected chi connectivity index (χ1v) is 7.99. The Labute approximate surface area is 139 Å². The Kier molecular flexibility index (Phi) is 3.60. The molecule has 0 unspecified atom stereocenters. The zero-order valence-corrected chi connectivity index (χ0v) is 13.4. The summed E-state index contributed by atoms with van der Waals surface area (Å²) >= 11 is 0. The van der Waals surface area contributed by atoms with Gasteiger partial charge < -0.3 is 9.88 Å². The molecule has 0 bridgehead atoms. The lowest BCUT2D eigenvalue weighted by Crippen LogP contribution is -2.41. The van der Waals surface area contributed by atoms with E-state index in [0.717, 1.165) is 30.2 Å². The van der Waals surface area contributed by atoms with Gasteiger partial charge in [0, 0.05) is 24.7 Å². The molecule has 7 heteroatoms. The molecule has 122 valence electrons. The van der Waals surface area contributed by atoms with E-state index in [0.29, 0.717) is 12.2 Å². The van der Waals surface area contributed by atoms with E-state index in [1.165, 1.54) is 0 Å². The van der Waals surface area contributed by atoms with Crippen LogP contribution in [0, 0.1) is 6.92 Å². The smallest absolute Gasteiger partial charge is 0.270 e. The predicted octanol–water partition coefficient (Wildman–Crippen LogP) is 1.52. The van der Waals surface area contributed by atoms with Gasteiger partial charge in [-0.3, -0.25) is 9.36 Å². The zero-order chi connectivity index (χ0) is 16.5. The van der Waals surface area contributed by atoms with Crippen molar-refractivity contribution in [2.24, 2.45) is 0 Å². The number of carbonyl (C=O) groups excluding carboxylic acids is 1. The van der Waals surface area contributed by atoms with E-state index < -0.39 is 0 Å². The minimum Gasteiger partial charge on any atom is -0.346 e. The molecule has 0 saturated carbocycles. The molecule has 7 nitrogen and oxygen atoms in total. The van der Waals surface area contributed by atoms with Crippen LogP contribution in [0.4, 0.5) is 0 Å². The number of para-hydroxylation sites is 1. The molecule has 2 aromatic heterocycles. The van der Waals surface area contributed by atoms with Gasteiger partial charge in [0.2, 0.25) is 0 Å². The average molecular weight is 322 g/mol. The lowest BCUT2D eigenvalue weighted by atomic mass is 10.1. The maximum Gasteiger partial charge on any atom is 0.270 e. The third-order valence-electron chi connectivity index (χ3n) is 4.37. The molecule has 0 saturated heterocycles. The van der Waals surface area contributed by atoms with Crippen molar-refractivity contribution in [2.75, 3.05) is 0 Å². The zero-order valence-electron chi connectivity index (χ0n) is 13.4. The third-order valence-corrected chi connectivity index (χ3v) is 4.37. The van der Waals surface area contributed by atoms with Crippen molar-refractivity contribution >= 4 is 5.91 Å². The van der Waals surface area contributed by atoms with Crippen LogP contribution in [-0.4, -0.2) is 36.3 Å². The summed E-state index contributed by atoms with van der Waals surface area (Å²) in [7, 11) is 0. The van der Waals surface area contributed by atoms with Crippen molar-refractivity contribution in [1.82, 2.24) is 29.6 Å². The van der Waals surface area contributed by atoms with Gasteiger partial charge in [-0.2, -0.15) is 0 Å². The number of aryl methyl sites for hydroxylation is 2. The molecule has 1 aliphatic heterocycles. The van der Waals surface area contributed by atoms with Crippen LogP contribution in [0.25, 0.3) is 5.69 Å². The topological polar surface area (TPSA) is 77.6 Å². The number of hydrogen-bond acceptors (Lipinski definition) is 4. The second kappa shape index (κ2) is 5.92. The normalized spacial score (nSPS) is 16.6. The van der Waals surface area contributed by atoms with Crippen molar-refractivity contribution in [3.05, 3.63) is 60.2 Å². The molecule has 1 aliphatic rings. The summed E-state index contributed by atoms with van der Waals surface area (Å²) < 4.78 is 3.87. The van der Waals surface area contributed by atoms with Crippen LogP contribution in [0.15, 0.2) is 42.9 Å². The van der Waals surface area contributed by atoms with E-state index in [1.54, 1.807) is 17.1 Å². The van der Waals surface area contributed by atoms with Gasteiger partial charge in [-0.25, -0.2) is 4.98 Å². The lowest BCUT2D eigenvalue weighted by Gasteiger charge is -2.25. The Morgan fingerprint density at radius 3 is 2.92 bits per heavy atom. The van der Waals surface area contributed by atoms with Crippen LogP contribution < -0.4 is 5.32 Å². The van der Waals surface area contributed by atoms with Crippen LogP contribution in [0.5, 0.6) is 0 Å².